The highest BCUT2D eigenvalue weighted by molar-refractivity contribution is 5.85. The van der Waals surface area contributed by atoms with Crippen LogP contribution in [0.2, 0.25) is 0 Å². The maximum atomic E-state index is 11.8. The number of aromatic carboxylic acids is 1. The van der Waals surface area contributed by atoms with Crippen LogP contribution in [0.4, 0.5) is 0 Å². The van der Waals surface area contributed by atoms with Gasteiger partial charge in [-0.2, -0.15) is 0 Å². The Balaban J connectivity index is 2.12. The van der Waals surface area contributed by atoms with Gasteiger partial charge in [0.2, 0.25) is 5.82 Å². The molecule has 0 amide bonds. The van der Waals surface area contributed by atoms with Crippen molar-refractivity contribution >= 4 is 17.1 Å². The Labute approximate surface area is 121 Å². The van der Waals surface area contributed by atoms with Crippen molar-refractivity contribution in [2.24, 2.45) is 0 Å². The van der Waals surface area contributed by atoms with Crippen LogP contribution in [0.3, 0.4) is 0 Å². The van der Waals surface area contributed by atoms with Gasteiger partial charge in [-0.15, -0.1) is 0 Å². The van der Waals surface area contributed by atoms with Crippen LogP contribution in [-0.4, -0.2) is 70.8 Å². The van der Waals surface area contributed by atoms with Gasteiger partial charge in [0.05, 0.1) is 12.9 Å². The molecule has 0 bridgehead atoms. The molecule has 5 N–H and O–H groups in total. The number of nitrogens with zero attached hydrogens (tertiary/aromatic N) is 3. The highest BCUT2D eigenvalue weighted by Crippen LogP contribution is 2.30. The van der Waals surface area contributed by atoms with Gasteiger partial charge in [0.15, 0.2) is 17.4 Å². The lowest BCUT2D eigenvalue weighted by Crippen LogP contribution is -2.33. The van der Waals surface area contributed by atoms with Crippen molar-refractivity contribution in [3.63, 3.8) is 0 Å². The summed E-state index contributed by atoms with van der Waals surface area (Å²) in [7, 11) is 0. The standard InChI is InChI=1S/C11H12N4O7/c16-1-3-5(17)6(18)10(22-3)15-2-12-4-8(15)13-7(11(20)21)14-9(4)19/h2-3,5-6,10,16-18H,1H2,(H,20,21)(H,13,14,19)/t3-,5-,6-,10-/m1/s1. The van der Waals surface area contributed by atoms with Gasteiger partial charge in [-0.25, -0.2) is 14.8 Å². The number of fused-ring (bicyclic) bond motifs is 1. The summed E-state index contributed by atoms with van der Waals surface area (Å²) in [6.45, 7) is -0.518. The van der Waals surface area contributed by atoms with Crippen LogP contribution >= 0.6 is 0 Å². The van der Waals surface area contributed by atoms with Crippen molar-refractivity contribution in [1.29, 1.82) is 0 Å². The van der Waals surface area contributed by atoms with E-state index in [-0.39, 0.29) is 11.2 Å². The zero-order valence-corrected chi connectivity index (χ0v) is 10.9. The molecule has 1 saturated heterocycles. The number of carboxylic acid groups (broad SMARTS) is 1. The quantitative estimate of drug-likeness (QED) is 0.408. The zero-order chi connectivity index (χ0) is 16.0. The Morgan fingerprint density at radius 3 is 2.73 bits per heavy atom. The summed E-state index contributed by atoms with van der Waals surface area (Å²) in [6.07, 6.45) is -3.78. The average molecular weight is 312 g/mol. The second-order valence-electron chi connectivity index (χ2n) is 4.77. The van der Waals surface area contributed by atoms with Crippen LogP contribution < -0.4 is 5.56 Å². The van der Waals surface area contributed by atoms with Crippen LogP contribution in [0.15, 0.2) is 11.1 Å². The fourth-order valence-corrected chi connectivity index (χ4v) is 2.32. The summed E-state index contributed by atoms with van der Waals surface area (Å²) in [4.78, 5) is 32.3. The summed E-state index contributed by atoms with van der Waals surface area (Å²) in [5.74, 6) is -2.03. The van der Waals surface area contributed by atoms with E-state index in [1.54, 1.807) is 0 Å². The van der Waals surface area contributed by atoms with Crippen molar-refractivity contribution in [3.05, 3.63) is 22.5 Å². The van der Waals surface area contributed by atoms with E-state index >= 15 is 0 Å². The predicted molar refractivity (Wildman–Crippen MR) is 68.1 cm³/mol. The lowest BCUT2D eigenvalue weighted by Gasteiger charge is -2.16. The number of hydrogen-bond donors (Lipinski definition) is 5. The number of aliphatic hydroxyl groups is 3. The van der Waals surface area contributed by atoms with Crippen LogP contribution in [0, 0.1) is 0 Å². The second kappa shape index (κ2) is 5.14. The summed E-state index contributed by atoms with van der Waals surface area (Å²) in [5, 5.41) is 37.7. The Bertz CT molecular complexity index is 784. The average Bonchev–Trinajstić information content (AvgIpc) is 3.02. The molecular weight excluding hydrogens is 300 g/mol. The van der Waals surface area contributed by atoms with E-state index in [1.165, 1.54) is 0 Å². The minimum Gasteiger partial charge on any atom is -0.475 e. The molecule has 0 unspecified atom stereocenters. The molecule has 0 spiro atoms. The molecule has 1 aliphatic heterocycles. The molecule has 0 saturated carbocycles. The molecule has 11 heteroatoms. The highest BCUT2D eigenvalue weighted by atomic mass is 16.6. The van der Waals surface area contributed by atoms with Crippen molar-refractivity contribution in [3.8, 4) is 0 Å². The van der Waals surface area contributed by atoms with Gasteiger partial charge in [-0.1, -0.05) is 0 Å². The van der Waals surface area contributed by atoms with Crippen LogP contribution in [0.25, 0.3) is 11.2 Å². The number of aromatic nitrogens is 4. The monoisotopic (exact) mass is 312 g/mol. The number of carboxylic acids is 1. The predicted octanol–water partition coefficient (Wildman–Crippen LogP) is -2.57. The maximum absolute atomic E-state index is 11.8. The molecule has 0 aromatic carbocycles. The zero-order valence-electron chi connectivity index (χ0n) is 10.9. The van der Waals surface area contributed by atoms with Crippen molar-refractivity contribution in [1.82, 2.24) is 19.5 Å². The topological polar surface area (TPSA) is 171 Å². The minimum absolute atomic E-state index is 0.115. The largest absolute Gasteiger partial charge is 0.475 e. The molecule has 1 fully saturated rings. The van der Waals surface area contributed by atoms with Gasteiger partial charge in [0.25, 0.3) is 5.56 Å². The van der Waals surface area contributed by atoms with Crippen LogP contribution in [0.1, 0.15) is 16.8 Å². The number of imidazole rings is 1. The van der Waals surface area contributed by atoms with Gasteiger partial charge >= 0.3 is 5.97 Å². The van der Waals surface area contributed by atoms with E-state index in [2.05, 4.69) is 15.0 Å². The first-order chi connectivity index (χ1) is 10.4. The van der Waals surface area contributed by atoms with Gasteiger partial charge in [0, 0.05) is 0 Å². The molecule has 118 valence electrons. The second-order valence-corrected chi connectivity index (χ2v) is 4.77. The number of rotatable bonds is 3. The van der Waals surface area contributed by atoms with Crippen LogP contribution in [-0.2, 0) is 4.74 Å². The molecule has 4 atom stereocenters. The first-order valence-electron chi connectivity index (χ1n) is 6.26. The van der Waals surface area contributed by atoms with E-state index in [4.69, 9.17) is 14.9 Å². The molecule has 3 heterocycles. The van der Waals surface area contributed by atoms with Gasteiger partial charge in [-0.3, -0.25) is 14.3 Å². The molecule has 1 aliphatic rings. The Morgan fingerprint density at radius 2 is 2.14 bits per heavy atom. The number of H-pyrrole nitrogens is 1. The summed E-state index contributed by atoms with van der Waals surface area (Å²) >= 11 is 0. The first kappa shape index (κ1) is 14.6. The minimum atomic E-state index is -1.44. The van der Waals surface area contributed by atoms with Crippen molar-refractivity contribution in [2.45, 2.75) is 24.5 Å². The van der Waals surface area contributed by atoms with E-state index in [0.717, 1.165) is 10.9 Å². The Kier molecular flexibility index (Phi) is 3.41. The normalized spacial score (nSPS) is 28.3. The Morgan fingerprint density at radius 1 is 1.41 bits per heavy atom. The molecular formula is C11H12N4O7. The van der Waals surface area contributed by atoms with Crippen LogP contribution in [0.5, 0.6) is 0 Å². The molecule has 22 heavy (non-hydrogen) atoms. The number of aliphatic hydroxyl groups excluding tert-OH is 3. The molecule has 0 radical (unpaired) electrons. The number of carbonyl (C=O) groups is 1. The third-order valence-corrected chi connectivity index (χ3v) is 3.43. The highest BCUT2D eigenvalue weighted by Gasteiger charge is 2.44. The number of hydrogen-bond acceptors (Lipinski definition) is 8. The molecule has 11 nitrogen and oxygen atoms in total. The summed E-state index contributed by atoms with van der Waals surface area (Å²) in [5.41, 5.74) is -1.01. The first-order valence-corrected chi connectivity index (χ1v) is 6.26. The fraction of sp³-hybridized carbons (Fsp3) is 0.455. The number of ether oxygens (including phenoxy) is 1. The van der Waals surface area contributed by atoms with Gasteiger partial charge in [-0.05, 0) is 0 Å². The summed E-state index contributed by atoms with van der Waals surface area (Å²) in [6, 6.07) is 0. The maximum Gasteiger partial charge on any atom is 0.372 e. The summed E-state index contributed by atoms with van der Waals surface area (Å²) < 4.78 is 6.44. The molecule has 3 rings (SSSR count). The Hall–Kier alpha value is -2.34. The van der Waals surface area contributed by atoms with Gasteiger partial charge < -0.3 is 25.2 Å². The van der Waals surface area contributed by atoms with Crippen molar-refractivity contribution in [2.75, 3.05) is 6.61 Å². The SMILES string of the molecule is O=C(O)c1nc2c(ncn2[C@@H]2O[C@H](CO)[C@@H](O)[C@H]2O)c(=O)[nH]1. The van der Waals surface area contributed by atoms with E-state index < -0.39 is 48.5 Å². The fourth-order valence-electron chi connectivity index (χ4n) is 2.32. The molecule has 0 aliphatic carbocycles. The number of aromatic amines is 1. The molecule has 2 aromatic heterocycles. The third kappa shape index (κ3) is 2.07. The lowest BCUT2D eigenvalue weighted by molar-refractivity contribution is -0.0511. The van der Waals surface area contributed by atoms with Crippen molar-refractivity contribution < 1.29 is 30.0 Å². The van der Waals surface area contributed by atoms with Gasteiger partial charge in [0.1, 0.15) is 18.3 Å². The van der Waals surface area contributed by atoms with E-state index in [9.17, 15) is 19.8 Å². The van der Waals surface area contributed by atoms with E-state index in [1.807, 2.05) is 0 Å². The molecule has 2 aromatic rings. The van der Waals surface area contributed by atoms with E-state index in [0.29, 0.717) is 0 Å². The number of nitrogens with one attached hydrogen (secondary N) is 1. The smallest absolute Gasteiger partial charge is 0.372 e. The lowest BCUT2D eigenvalue weighted by atomic mass is 10.1. The third-order valence-electron chi connectivity index (χ3n) is 3.43.